The van der Waals surface area contributed by atoms with E-state index in [0.29, 0.717) is 6.42 Å². The molecular formula is C20H33NO3SSi. The van der Waals surface area contributed by atoms with E-state index in [0.717, 1.165) is 29.3 Å². The average Bonchev–Trinajstić information content (AvgIpc) is 2.53. The lowest BCUT2D eigenvalue weighted by molar-refractivity contribution is 0.280. The standard InChI is InChI=1S/C20H33NO3SSi/c1-18-12-14-19(15-13-18)25(22,23)21(5)16-10-8-9-11-17-24-26(6,7)20(2,3)4/h12-15H,8-9,11,17H2,1-7H3. The molecule has 0 amide bonds. The number of benzene rings is 1. The predicted molar refractivity (Wildman–Crippen MR) is 111 cm³/mol. The largest absolute Gasteiger partial charge is 0.417 e. The fraction of sp³-hybridized carbons (Fsp3) is 0.600. The molecule has 0 atom stereocenters. The molecule has 0 spiro atoms. The second-order valence-corrected chi connectivity index (χ2v) is 14.9. The minimum atomic E-state index is -3.55. The molecule has 1 rings (SSSR count). The minimum absolute atomic E-state index is 0.222. The van der Waals surface area contributed by atoms with Gasteiger partial charge < -0.3 is 4.43 Å². The van der Waals surface area contributed by atoms with E-state index in [1.165, 1.54) is 7.05 Å². The molecule has 0 aliphatic carbocycles. The van der Waals surface area contributed by atoms with Crippen molar-refractivity contribution in [1.82, 2.24) is 4.31 Å². The lowest BCUT2D eigenvalue weighted by Crippen LogP contribution is -2.40. The number of sulfonamides is 1. The van der Waals surface area contributed by atoms with Crippen LogP contribution in [0, 0.1) is 18.9 Å². The van der Waals surface area contributed by atoms with Crippen LogP contribution in [0.5, 0.6) is 0 Å². The van der Waals surface area contributed by atoms with Crippen molar-refractivity contribution in [2.45, 2.75) is 70.0 Å². The maximum Gasteiger partial charge on any atom is 0.270 e. The molecule has 0 bridgehead atoms. The Balaban J connectivity index is 2.45. The van der Waals surface area contributed by atoms with Gasteiger partial charge in [0.1, 0.15) is 0 Å². The Morgan fingerprint density at radius 1 is 1.12 bits per heavy atom. The Kier molecular flexibility index (Phi) is 7.94. The van der Waals surface area contributed by atoms with Crippen LogP contribution in [-0.2, 0) is 14.4 Å². The third-order valence-corrected chi connectivity index (χ3v) is 11.1. The fourth-order valence-electron chi connectivity index (χ4n) is 1.95. The first-order valence-corrected chi connectivity index (χ1v) is 13.4. The highest BCUT2D eigenvalue weighted by atomic mass is 32.2. The van der Waals surface area contributed by atoms with Crippen LogP contribution in [0.15, 0.2) is 29.2 Å². The summed E-state index contributed by atoms with van der Waals surface area (Å²) >= 11 is 0. The molecule has 26 heavy (non-hydrogen) atoms. The lowest BCUT2D eigenvalue weighted by atomic mass is 10.2. The molecule has 0 saturated carbocycles. The van der Waals surface area contributed by atoms with Crippen LogP contribution >= 0.6 is 0 Å². The molecule has 0 aromatic heterocycles. The van der Waals surface area contributed by atoms with E-state index in [1.807, 2.05) is 6.92 Å². The molecule has 0 aliphatic rings. The topological polar surface area (TPSA) is 46.6 Å². The zero-order valence-corrected chi connectivity index (χ0v) is 19.0. The predicted octanol–water partition coefficient (Wildman–Crippen LogP) is 4.77. The first kappa shape index (κ1) is 22.7. The van der Waals surface area contributed by atoms with Gasteiger partial charge in [-0.05, 0) is 50.0 Å². The molecule has 0 N–H and O–H groups in total. The Bertz CT molecular complexity index is 738. The van der Waals surface area contributed by atoms with Gasteiger partial charge in [-0.15, -0.1) is 0 Å². The van der Waals surface area contributed by atoms with Crippen LogP contribution < -0.4 is 0 Å². The summed E-state index contributed by atoms with van der Waals surface area (Å²) in [6, 6.07) is 9.53. The molecule has 0 aliphatic heterocycles. The lowest BCUT2D eigenvalue weighted by Gasteiger charge is -2.36. The highest BCUT2D eigenvalue weighted by Gasteiger charge is 2.36. The molecule has 0 fully saturated rings. The summed E-state index contributed by atoms with van der Waals surface area (Å²) in [6.45, 7) is 13.9. The molecule has 0 heterocycles. The number of hydrogen-bond acceptors (Lipinski definition) is 3. The molecule has 4 nitrogen and oxygen atoms in total. The molecule has 0 saturated heterocycles. The summed E-state index contributed by atoms with van der Waals surface area (Å²) in [5.41, 5.74) is 1.03. The second kappa shape index (κ2) is 9.07. The third kappa shape index (κ3) is 6.46. The summed E-state index contributed by atoms with van der Waals surface area (Å²) in [7, 11) is -3.74. The maximum absolute atomic E-state index is 12.4. The van der Waals surface area contributed by atoms with Crippen LogP contribution in [0.25, 0.3) is 0 Å². The summed E-state index contributed by atoms with van der Waals surface area (Å²) in [5, 5.41) is 0.222. The first-order valence-electron chi connectivity index (χ1n) is 9.06. The molecule has 0 radical (unpaired) electrons. The number of rotatable bonds is 7. The summed E-state index contributed by atoms with van der Waals surface area (Å²) in [5.74, 6) is 2.95. The summed E-state index contributed by atoms with van der Waals surface area (Å²) < 4.78 is 32.1. The van der Waals surface area contributed by atoms with Gasteiger partial charge in [0.05, 0.1) is 4.90 Å². The Labute approximate surface area is 161 Å². The van der Waals surface area contributed by atoms with E-state index in [1.54, 1.807) is 24.3 Å². The zero-order valence-electron chi connectivity index (χ0n) is 17.2. The SMILES string of the molecule is Cc1ccc(S(=O)(=O)N(C)C#CCCCCO[Si](C)(C)C(C)(C)C)cc1. The van der Waals surface area contributed by atoms with Crippen molar-refractivity contribution < 1.29 is 12.8 Å². The maximum atomic E-state index is 12.4. The van der Waals surface area contributed by atoms with Gasteiger partial charge >= 0.3 is 0 Å². The highest BCUT2D eigenvalue weighted by molar-refractivity contribution is 7.89. The van der Waals surface area contributed by atoms with Crippen molar-refractivity contribution in [3.8, 4) is 12.0 Å². The summed E-state index contributed by atoms with van der Waals surface area (Å²) in [6.07, 6.45) is 2.50. The molecule has 6 heteroatoms. The van der Waals surface area contributed by atoms with Crippen molar-refractivity contribution in [2.75, 3.05) is 13.7 Å². The van der Waals surface area contributed by atoms with Gasteiger partial charge in [-0.1, -0.05) is 44.4 Å². The highest BCUT2D eigenvalue weighted by Crippen LogP contribution is 2.36. The monoisotopic (exact) mass is 395 g/mol. The Morgan fingerprint density at radius 2 is 1.69 bits per heavy atom. The van der Waals surface area contributed by atoms with Gasteiger partial charge in [-0.2, -0.15) is 0 Å². The normalized spacial score (nSPS) is 12.4. The smallest absolute Gasteiger partial charge is 0.270 e. The van der Waals surface area contributed by atoms with Gasteiger partial charge in [-0.25, -0.2) is 12.7 Å². The number of aryl methyl sites for hydroxylation is 1. The van der Waals surface area contributed by atoms with Crippen LogP contribution in [0.1, 0.15) is 45.6 Å². The Morgan fingerprint density at radius 3 is 2.23 bits per heavy atom. The number of hydrogen-bond donors (Lipinski definition) is 0. The van der Waals surface area contributed by atoms with E-state index in [4.69, 9.17) is 4.43 Å². The van der Waals surface area contributed by atoms with E-state index in [9.17, 15) is 8.42 Å². The van der Waals surface area contributed by atoms with E-state index < -0.39 is 18.3 Å². The third-order valence-electron chi connectivity index (χ3n) is 4.88. The summed E-state index contributed by atoms with van der Waals surface area (Å²) in [4.78, 5) is 0.266. The van der Waals surface area contributed by atoms with Gasteiger partial charge in [0.15, 0.2) is 8.32 Å². The van der Waals surface area contributed by atoms with Crippen LogP contribution in [0.3, 0.4) is 0 Å². The molecular weight excluding hydrogens is 362 g/mol. The van der Waals surface area contributed by atoms with Crippen molar-refractivity contribution in [2.24, 2.45) is 0 Å². The van der Waals surface area contributed by atoms with E-state index >= 15 is 0 Å². The van der Waals surface area contributed by atoms with Crippen molar-refractivity contribution >= 4 is 18.3 Å². The van der Waals surface area contributed by atoms with Gasteiger partial charge in [-0.3, -0.25) is 0 Å². The van der Waals surface area contributed by atoms with Crippen LogP contribution in [0.2, 0.25) is 18.1 Å². The second-order valence-electron chi connectivity index (χ2n) is 8.14. The van der Waals surface area contributed by atoms with Crippen molar-refractivity contribution in [3.63, 3.8) is 0 Å². The van der Waals surface area contributed by atoms with E-state index in [2.05, 4.69) is 45.8 Å². The van der Waals surface area contributed by atoms with Crippen molar-refractivity contribution in [3.05, 3.63) is 29.8 Å². The first-order chi connectivity index (χ1) is 11.9. The molecule has 0 unspecified atom stereocenters. The Hall–Kier alpha value is -1.29. The fourth-order valence-corrected chi connectivity index (χ4v) is 4.02. The molecule has 1 aromatic carbocycles. The number of unbranched alkanes of at least 4 members (excludes halogenated alkanes) is 2. The number of nitrogens with zero attached hydrogens (tertiary/aromatic N) is 1. The van der Waals surface area contributed by atoms with Gasteiger partial charge in [0.2, 0.25) is 0 Å². The molecule has 1 aromatic rings. The van der Waals surface area contributed by atoms with E-state index in [-0.39, 0.29) is 9.93 Å². The quantitative estimate of drug-likeness (QED) is 0.289. The van der Waals surface area contributed by atoms with Crippen molar-refractivity contribution in [1.29, 1.82) is 0 Å². The van der Waals surface area contributed by atoms with Gasteiger partial charge in [0.25, 0.3) is 10.0 Å². The zero-order chi connectivity index (χ0) is 20.0. The van der Waals surface area contributed by atoms with Gasteiger partial charge in [0, 0.05) is 26.1 Å². The minimum Gasteiger partial charge on any atom is -0.417 e. The average molecular weight is 396 g/mol. The molecule has 146 valence electrons. The van der Waals surface area contributed by atoms with Crippen LogP contribution in [-0.4, -0.2) is 34.7 Å². The van der Waals surface area contributed by atoms with Crippen LogP contribution in [0.4, 0.5) is 0 Å².